The first kappa shape index (κ1) is 14.3. The Hall–Kier alpha value is -0.280. The van der Waals surface area contributed by atoms with Crippen molar-refractivity contribution in [2.24, 2.45) is 11.1 Å². The van der Waals surface area contributed by atoms with E-state index in [1.807, 2.05) is 13.8 Å². The predicted molar refractivity (Wildman–Crippen MR) is 51.3 cm³/mol. The fraction of sp³-hybridized carbons (Fsp3) is 0.875. The van der Waals surface area contributed by atoms with Crippen LogP contribution in [-0.4, -0.2) is 19.6 Å². The molecule has 0 aromatic rings. The van der Waals surface area contributed by atoms with Gasteiger partial charge in [-0.15, -0.1) is 12.4 Å². The summed E-state index contributed by atoms with van der Waals surface area (Å²) in [6.45, 7) is 4.36. The van der Waals surface area contributed by atoms with Gasteiger partial charge in [-0.3, -0.25) is 4.79 Å². The number of nitrogens with two attached hydrogens (primary N) is 1. The molecule has 4 heteroatoms. The van der Waals surface area contributed by atoms with E-state index in [4.69, 9.17) is 5.73 Å². The average molecular weight is 196 g/mol. The highest BCUT2D eigenvalue weighted by Crippen LogP contribution is 2.23. The molecular formula is C8H18ClNO2. The van der Waals surface area contributed by atoms with Crippen LogP contribution in [0, 0.1) is 5.41 Å². The summed E-state index contributed by atoms with van der Waals surface area (Å²) < 4.78 is 4.63. The second kappa shape index (κ2) is 6.26. The molecule has 3 nitrogen and oxygen atoms in total. The molecule has 12 heavy (non-hydrogen) atoms. The van der Waals surface area contributed by atoms with Crippen molar-refractivity contribution in [3.63, 3.8) is 0 Å². The Labute approximate surface area is 80.1 Å². The van der Waals surface area contributed by atoms with Crippen LogP contribution in [0.1, 0.15) is 26.7 Å². The van der Waals surface area contributed by atoms with Crippen molar-refractivity contribution in [3.8, 4) is 0 Å². The Morgan fingerprint density at radius 3 is 2.33 bits per heavy atom. The lowest BCUT2D eigenvalue weighted by Crippen LogP contribution is -2.26. The van der Waals surface area contributed by atoms with Crippen molar-refractivity contribution >= 4 is 18.4 Å². The van der Waals surface area contributed by atoms with E-state index in [9.17, 15) is 4.79 Å². The molecule has 74 valence electrons. The molecule has 0 bridgehead atoms. The Balaban J connectivity index is 0. The number of rotatable bonds is 4. The second-order valence-electron chi connectivity index (χ2n) is 3.27. The minimum atomic E-state index is -0.381. The summed E-state index contributed by atoms with van der Waals surface area (Å²) in [5, 5.41) is 0. The smallest absolute Gasteiger partial charge is 0.311 e. The predicted octanol–water partition coefficient (Wildman–Crippen LogP) is 1.35. The van der Waals surface area contributed by atoms with Gasteiger partial charge in [-0.05, 0) is 33.2 Å². The van der Waals surface area contributed by atoms with Gasteiger partial charge in [-0.1, -0.05) is 0 Å². The van der Waals surface area contributed by atoms with E-state index in [2.05, 4.69) is 4.74 Å². The number of ether oxygens (including phenoxy) is 1. The summed E-state index contributed by atoms with van der Waals surface area (Å²) in [7, 11) is 1.41. The molecule has 2 N–H and O–H groups in total. The zero-order valence-corrected chi connectivity index (χ0v) is 8.74. The number of hydrogen-bond acceptors (Lipinski definition) is 3. The van der Waals surface area contributed by atoms with Crippen LogP contribution in [0.15, 0.2) is 0 Å². The van der Waals surface area contributed by atoms with Gasteiger partial charge >= 0.3 is 5.97 Å². The largest absolute Gasteiger partial charge is 0.469 e. The Kier molecular flexibility index (Phi) is 7.44. The lowest BCUT2D eigenvalue weighted by atomic mass is 9.88. The molecule has 0 atom stereocenters. The number of carbonyl (C=O) groups excluding carboxylic acids is 1. The summed E-state index contributed by atoms with van der Waals surface area (Å²) in [5.74, 6) is -0.161. The molecule has 0 unspecified atom stereocenters. The number of halogens is 1. The maximum Gasteiger partial charge on any atom is 0.311 e. The van der Waals surface area contributed by atoms with Gasteiger partial charge in [0.25, 0.3) is 0 Å². The van der Waals surface area contributed by atoms with E-state index in [1.54, 1.807) is 0 Å². The number of esters is 1. The van der Waals surface area contributed by atoms with Crippen molar-refractivity contribution in [3.05, 3.63) is 0 Å². The van der Waals surface area contributed by atoms with Gasteiger partial charge in [-0.2, -0.15) is 0 Å². The van der Waals surface area contributed by atoms with Gasteiger partial charge in [-0.25, -0.2) is 0 Å². The Bertz CT molecular complexity index is 137. The van der Waals surface area contributed by atoms with Crippen LogP contribution in [0.5, 0.6) is 0 Å². The van der Waals surface area contributed by atoms with E-state index in [-0.39, 0.29) is 23.8 Å². The number of hydrogen-bond donors (Lipinski definition) is 1. The van der Waals surface area contributed by atoms with Crippen LogP contribution in [0.2, 0.25) is 0 Å². The molecule has 0 saturated heterocycles. The quantitative estimate of drug-likeness (QED) is 0.689. The lowest BCUT2D eigenvalue weighted by Gasteiger charge is -2.20. The van der Waals surface area contributed by atoms with Crippen molar-refractivity contribution in [2.75, 3.05) is 13.7 Å². The van der Waals surface area contributed by atoms with Gasteiger partial charge in [0.2, 0.25) is 0 Å². The van der Waals surface area contributed by atoms with Crippen LogP contribution in [-0.2, 0) is 9.53 Å². The van der Waals surface area contributed by atoms with Gasteiger partial charge in [0, 0.05) is 0 Å². The van der Waals surface area contributed by atoms with Gasteiger partial charge in [0.15, 0.2) is 0 Å². The standard InChI is InChI=1S/C8H17NO2.ClH/c1-8(2,5-4-6-9)7(10)11-3;/h4-6,9H2,1-3H3;1H. The minimum absolute atomic E-state index is 0. The molecular weight excluding hydrogens is 178 g/mol. The molecule has 0 aliphatic heterocycles. The van der Waals surface area contributed by atoms with Crippen molar-refractivity contribution in [2.45, 2.75) is 26.7 Å². The molecule has 0 aliphatic carbocycles. The van der Waals surface area contributed by atoms with E-state index >= 15 is 0 Å². The normalized spacial score (nSPS) is 10.3. The molecule has 0 fully saturated rings. The molecule has 0 amide bonds. The zero-order valence-electron chi connectivity index (χ0n) is 7.92. The highest BCUT2D eigenvalue weighted by molar-refractivity contribution is 5.85. The fourth-order valence-electron chi connectivity index (χ4n) is 0.922. The molecule has 0 aromatic carbocycles. The zero-order chi connectivity index (χ0) is 8.91. The van der Waals surface area contributed by atoms with Gasteiger partial charge in [0.05, 0.1) is 12.5 Å². The van der Waals surface area contributed by atoms with Crippen molar-refractivity contribution < 1.29 is 9.53 Å². The summed E-state index contributed by atoms with van der Waals surface area (Å²) in [5.41, 5.74) is 4.94. The van der Waals surface area contributed by atoms with Crippen LogP contribution in [0.3, 0.4) is 0 Å². The summed E-state index contributed by atoms with van der Waals surface area (Å²) in [6, 6.07) is 0. The number of methoxy groups -OCH3 is 1. The summed E-state index contributed by atoms with van der Waals surface area (Å²) in [4.78, 5) is 11.1. The molecule has 0 spiro atoms. The second-order valence-corrected chi connectivity index (χ2v) is 3.27. The minimum Gasteiger partial charge on any atom is -0.469 e. The molecule has 0 heterocycles. The first-order valence-corrected chi connectivity index (χ1v) is 3.83. The monoisotopic (exact) mass is 195 g/mol. The lowest BCUT2D eigenvalue weighted by molar-refractivity contribution is -0.151. The first-order valence-electron chi connectivity index (χ1n) is 3.83. The van der Waals surface area contributed by atoms with E-state index in [1.165, 1.54) is 7.11 Å². The van der Waals surface area contributed by atoms with Gasteiger partial charge in [0.1, 0.15) is 0 Å². The molecule has 0 aliphatic rings. The first-order chi connectivity index (χ1) is 5.04. The molecule has 0 radical (unpaired) electrons. The van der Waals surface area contributed by atoms with E-state index in [0.29, 0.717) is 6.54 Å². The van der Waals surface area contributed by atoms with Crippen LogP contribution < -0.4 is 5.73 Å². The third kappa shape index (κ3) is 4.57. The third-order valence-electron chi connectivity index (χ3n) is 1.74. The Morgan fingerprint density at radius 2 is 2.00 bits per heavy atom. The summed E-state index contributed by atoms with van der Waals surface area (Å²) >= 11 is 0. The Morgan fingerprint density at radius 1 is 1.50 bits per heavy atom. The van der Waals surface area contributed by atoms with Crippen molar-refractivity contribution in [1.29, 1.82) is 0 Å². The van der Waals surface area contributed by atoms with Crippen LogP contribution >= 0.6 is 12.4 Å². The highest BCUT2D eigenvalue weighted by atomic mass is 35.5. The van der Waals surface area contributed by atoms with Crippen LogP contribution in [0.25, 0.3) is 0 Å². The molecule has 0 aromatic heterocycles. The molecule has 0 rings (SSSR count). The highest BCUT2D eigenvalue weighted by Gasteiger charge is 2.27. The summed E-state index contributed by atoms with van der Waals surface area (Å²) in [6.07, 6.45) is 1.65. The third-order valence-corrected chi connectivity index (χ3v) is 1.74. The van der Waals surface area contributed by atoms with E-state index in [0.717, 1.165) is 12.8 Å². The molecule has 0 saturated carbocycles. The average Bonchev–Trinajstić information content (AvgIpc) is 1.99. The topological polar surface area (TPSA) is 52.3 Å². The SMILES string of the molecule is COC(=O)C(C)(C)CCCN.Cl. The fourth-order valence-corrected chi connectivity index (χ4v) is 0.922. The maximum absolute atomic E-state index is 11.1. The van der Waals surface area contributed by atoms with Crippen molar-refractivity contribution in [1.82, 2.24) is 0 Å². The maximum atomic E-state index is 11.1. The van der Waals surface area contributed by atoms with Crippen LogP contribution in [0.4, 0.5) is 0 Å². The number of carbonyl (C=O) groups is 1. The van der Waals surface area contributed by atoms with E-state index < -0.39 is 0 Å². The van der Waals surface area contributed by atoms with Gasteiger partial charge < -0.3 is 10.5 Å².